The second kappa shape index (κ2) is 5.81. The van der Waals surface area contributed by atoms with E-state index in [1.807, 2.05) is 13.0 Å². The molecule has 21 heavy (non-hydrogen) atoms. The maximum Gasteiger partial charge on any atom is 0.252 e. The molecule has 2 N–H and O–H groups in total. The van der Waals surface area contributed by atoms with Crippen LogP contribution in [0.1, 0.15) is 39.8 Å². The van der Waals surface area contributed by atoms with E-state index >= 15 is 0 Å². The number of pyridine rings is 1. The number of hydrogen-bond donors (Lipinski definition) is 1. The third kappa shape index (κ3) is 2.90. The summed E-state index contributed by atoms with van der Waals surface area (Å²) in [5, 5.41) is 3.28. The Morgan fingerprint density at radius 2 is 2.38 bits per heavy atom. The number of primary amides is 1. The number of carbonyl (C=O) groups is 1. The maximum atomic E-state index is 11.6. The zero-order valence-corrected chi connectivity index (χ0v) is 12.8. The Bertz CT molecular complexity index is 655. The Hall–Kier alpha value is -1.95. The number of aryl methyl sites for hydroxylation is 1. The van der Waals surface area contributed by atoms with Crippen LogP contribution >= 0.6 is 11.3 Å². The van der Waals surface area contributed by atoms with Gasteiger partial charge in [-0.2, -0.15) is 0 Å². The number of amides is 1. The number of aromatic nitrogens is 2. The van der Waals surface area contributed by atoms with Crippen molar-refractivity contribution in [3.05, 3.63) is 40.1 Å². The first-order chi connectivity index (χ1) is 10.1. The van der Waals surface area contributed by atoms with Crippen LogP contribution in [0.5, 0.6) is 0 Å². The summed E-state index contributed by atoms with van der Waals surface area (Å²) in [6.45, 7) is 3.83. The fourth-order valence-corrected chi connectivity index (χ4v) is 3.74. The van der Waals surface area contributed by atoms with E-state index in [0.717, 1.165) is 37.3 Å². The molecular weight excluding hydrogens is 284 g/mol. The van der Waals surface area contributed by atoms with Gasteiger partial charge in [-0.3, -0.25) is 9.78 Å². The third-order valence-electron chi connectivity index (χ3n) is 3.81. The molecule has 5 nitrogen and oxygen atoms in total. The molecule has 3 heterocycles. The summed E-state index contributed by atoms with van der Waals surface area (Å²) in [5.74, 6) is -0.00309. The largest absolute Gasteiger partial charge is 0.370 e. The predicted octanol–water partition coefficient (Wildman–Crippen LogP) is 2.33. The molecule has 1 atom stereocenters. The van der Waals surface area contributed by atoms with Crippen molar-refractivity contribution in [1.82, 2.24) is 9.97 Å². The fourth-order valence-electron chi connectivity index (χ4n) is 2.81. The minimum Gasteiger partial charge on any atom is -0.370 e. The zero-order chi connectivity index (χ0) is 14.8. The van der Waals surface area contributed by atoms with Crippen molar-refractivity contribution in [3.8, 4) is 0 Å². The number of carbonyl (C=O) groups excluding carboxylic acids is 1. The van der Waals surface area contributed by atoms with Gasteiger partial charge in [0.05, 0.1) is 16.3 Å². The maximum absolute atomic E-state index is 11.6. The molecule has 1 fully saturated rings. The van der Waals surface area contributed by atoms with E-state index in [2.05, 4.69) is 20.2 Å². The van der Waals surface area contributed by atoms with Crippen LogP contribution < -0.4 is 10.6 Å². The van der Waals surface area contributed by atoms with Gasteiger partial charge in [0, 0.05) is 42.5 Å². The molecule has 0 spiro atoms. The summed E-state index contributed by atoms with van der Waals surface area (Å²) in [7, 11) is 0. The Morgan fingerprint density at radius 1 is 1.52 bits per heavy atom. The van der Waals surface area contributed by atoms with Gasteiger partial charge >= 0.3 is 0 Å². The van der Waals surface area contributed by atoms with Crippen molar-refractivity contribution in [1.29, 1.82) is 0 Å². The van der Waals surface area contributed by atoms with Crippen molar-refractivity contribution in [2.75, 3.05) is 18.0 Å². The van der Waals surface area contributed by atoms with E-state index in [-0.39, 0.29) is 0 Å². The lowest BCUT2D eigenvalue weighted by molar-refractivity contribution is 0.100. The van der Waals surface area contributed by atoms with Crippen LogP contribution in [0, 0.1) is 6.92 Å². The molecule has 2 aromatic heterocycles. The number of nitrogens with zero attached hydrogens (tertiary/aromatic N) is 3. The quantitative estimate of drug-likeness (QED) is 0.944. The normalized spacial score (nSPS) is 18.7. The summed E-state index contributed by atoms with van der Waals surface area (Å²) in [6.07, 6.45) is 5.48. The molecule has 1 saturated heterocycles. The minimum absolute atomic E-state index is 0.423. The molecule has 0 radical (unpaired) electrons. The van der Waals surface area contributed by atoms with E-state index in [9.17, 15) is 4.79 Å². The van der Waals surface area contributed by atoms with E-state index in [4.69, 9.17) is 5.73 Å². The topological polar surface area (TPSA) is 72.1 Å². The minimum atomic E-state index is -0.426. The molecule has 0 aliphatic carbocycles. The van der Waals surface area contributed by atoms with Crippen molar-refractivity contribution in [3.63, 3.8) is 0 Å². The van der Waals surface area contributed by atoms with Crippen molar-refractivity contribution in [2.24, 2.45) is 5.73 Å². The molecule has 3 rings (SSSR count). The first-order valence-electron chi connectivity index (χ1n) is 7.06. The van der Waals surface area contributed by atoms with Gasteiger partial charge in [-0.05, 0) is 25.8 Å². The summed E-state index contributed by atoms with van der Waals surface area (Å²) < 4.78 is 0. The van der Waals surface area contributed by atoms with Crippen LogP contribution in [0.15, 0.2) is 23.8 Å². The highest BCUT2D eigenvalue weighted by Crippen LogP contribution is 2.32. The lowest BCUT2D eigenvalue weighted by atomic mass is 9.97. The number of anilines is 1. The molecule has 110 valence electrons. The van der Waals surface area contributed by atoms with E-state index in [1.165, 1.54) is 5.01 Å². The Labute approximate surface area is 127 Å². The number of nitrogens with two attached hydrogens (primary N) is 1. The van der Waals surface area contributed by atoms with Gasteiger partial charge < -0.3 is 10.6 Å². The lowest BCUT2D eigenvalue weighted by Gasteiger charge is -2.34. The van der Waals surface area contributed by atoms with Crippen LogP contribution in [-0.4, -0.2) is 29.0 Å². The number of thiazole rings is 1. The summed E-state index contributed by atoms with van der Waals surface area (Å²) in [6, 6.07) is 1.87. The molecule has 6 heteroatoms. The monoisotopic (exact) mass is 302 g/mol. The highest BCUT2D eigenvalue weighted by Gasteiger charge is 2.25. The highest BCUT2D eigenvalue weighted by atomic mass is 32.1. The fraction of sp³-hybridized carbons (Fsp3) is 0.400. The average molecular weight is 302 g/mol. The summed E-state index contributed by atoms with van der Waals surface area (Å²) >= 11 is 1.72. The Balaban J connectivity index is 1.85. The first kappa shape index (κ1) is 14.0. The molecule has 0 saturated carbocycles. The van der Waals surface area contributed by atoms with Gasteiger partial charge in [0.15, 0.2) is 0 Å². The van der Waals surface area contributed by atoms with E-state index in [0.29, 0.717) is 11.5 Å². The molecule has 1 amide bonds. The van der Waals surface area contributed by atoms with Gasteiger partial charge in [-0.25, -0.2) is 4.98 Å². The van der Waals surface area contributed by atoms with Crippen LogP contribution in [0.25, 0.3) is 0 Å². The molecule has 1 aliphatic rings. The number of piperidine rings is 1. The van der Waals surface area contributed by atoms with Gasteiger partial charge in [0.25, 0.3) is 5.91 Å². The lowest BCUT2D eigenvalue weighted by Crippen LogP contribution is -2.35. The van der Waals surface area contributed by atoms with E-state index in [1.54, 1.807) is 23.7 Å². The molecule has 2 aromatic rings. The SMILES string of the molecule is Cc1csc(C2CCCN(c3ccncc3C(N)=O)C2)n1. The highest BCUT2D eigenvalue weighted by molar-refractivity contribution is 7.09. The zero-order valence-electron chi connectivity index (χ0n) is 12.0. The second-order valence-electron chi connectivity index (χ2n) is 5.37. The van der Waals surface area contributed by atoms with E-state index < -0.39 is 5.91 Å². The van der Waals surface area contributed by atoms with Crippen LogP contribution in [0.3, 0.4) is 0 Å². The van der Waals surface area contributed by atoms with Gasteiger partial charge in [0.1, 0.15) is 0 Å². The van der Waals surface area contributed by atoms with Crippen LogP contribution in [0.4, 0.5) is 5.69 Å². The third-order valence-corrected chi connectivity index (χ3v) is 4.94. The smallest absolute Gasteiger partial charge is 0.252 e. The summed E-state index contributed by atoms with van der Waals surface area (Å²) in [5.41, 5.74) is 7.91. The van der Waals surface area contributed by atoms with Crippen LogP contribution in [0.2, 0.25) is 0 Å². The van der Waals surface area contributed by atoms with Crippen molar-refractivity contribution in [2.45, 2.75) is 25.7 Å². The van der Waals surface area contributed by atoms with Crippen molar-refractivity contribution >= 4 is 22.9 Å². The molecule has 1 aliphatic heterocycles. The van der Waals surface area contributed by atoms with Gasteiger partial charge in [0.2, 0.25) is 0 Å². The number of rotatable bonds is 3. The number of hydrogen-bond acceptors (Lipinski definition) is 5. The molecule has 1 unspecified atom stereocenters. The first-order valence-corrected chi connectivity index (χ1v) is 7.94. The van der Waals surface area contributed by atoms with Crippen LogP contribution in [-0.2, 0) is 0 Å². The molecule has 0 aromatic carbocycles. The Kier molecular flexibility index (Phi) is 3.88. The summed E-state index contributed by atoms with van der Waals surface area (Å²) in [4.78, 5) is 22.4. The standard InChI is InChI=1S/C15H18N4OS/c1-10-9-21-15(18-10)11-3-2-6-19(8-11)13-4-5-17-7-12(13)14(16)20/h4-5,7,9,11H,2-3,6,8H2,1H3,(H2,16,20). The van der Waals surface area contributed by atoms with Gasteiger partial charge in [-0.1, -0.05) is 0 Å². The van der Waals surface area contributed by atoms with Crippen molar-refractivity contribution < 1.29 is 4.79 Å². The molecular formula is C15H18N4OS. The van der Waals surface area contributed by atoms with Gasteiger partial charge in [-0.15, -0.1) is 11.3 Å². The average Bonchev–Trinajstić information content (AvgIpc) is 2.94. The second-order valence-corrected chi connectivity index (χ2v) is 6.26. The predicted molar refractivity (Wildman–Crippen MR) is 83.8 cm³/mol. The molecule has 0 bridgehead atoms. The Morgan fingerprint density at radius 3 is 3.10 bits per heavy atom.